The predicted octanol–water partition coefficient (Wildman–Crippen LogP) is 0.692. The van der Waals surface area contributed by atoms with Crippen molar-refractivity contribution in [3.05, 3.63) is 39.4 Å². The molecule has 0 heterocycles. The van der Waals surface area contributed by atoms with Gasteiger partial charge < -0.3 is 0 Å². The largest absolute Gasteiger partial charge is 0.269 e. The Bertz CT molecular complexity index is 495. The van der Waals surface area contributed by atoms with Gasteiger partial charge in [-0.25, -0.2) is 13.6 Å². The highest BCUT2D eigenvalue weighted by Crippen LogP contribution is 2.18. The molecular formula is C8H10N2O4S. The van der Waals surface area contributed by atoms with Crippen molar-refractivity contribution in [2.45, 2.75) is 12.7 Å². The summed E-state index contributed by atoms with van der Waals surface area (Å²) < 4.78 is 21.7. The van der Waals surface area contributed by atoms with E-state index in [0.29, 0.717) is 11.1 Å². The summed E-state index contributed by atoms with van der Waals surface area (Å²) in [7, 11) is -3.66. The van der Waals surface area contributed by atoms with Gasteiger partial charge in [-0.2, -0.15) is 0 Å². The second-order valence-electron chi connectivity index (χ2n) is 3.18. The molecule has 15 heavy (non-hydrogen) atoms. The zero-order valence-electron chi connectivity index (χ0n) is 8.00. The third-order valence-electron chi connectivity index (χ3n) is 1.90. The number of nitrogens with zero attached hydrogens (tertiary/aromatic N) is 1. The molecule has 7 heteroatoms. The Morgan fingerprint density at radius 1 is 1.47 bits per heavy atom. The van der Waals surface area contributed by atoms with Gasteiger partial charge in [0.1, 0.15) is 0 Å². The normalized spacial score (nSPS) is 11.3. The van der Waals surface area contributed by atoms with Crippen molar-refractivity contribution in [1.82, 2.24) is 0 Å². The van der Waals surface area contributed by atoms with Gasteiger partial charge in [0.25, 0.3) is 5.69 Å². The van der Waals surface area contributed by atoms with Crippen LogP contribution in [0.3, 0.4) is 0 Å². The highest BCUT2D eigenvalue weighted by molar-refractivity contribution is 7.88. The van der Waals surface area contributed by atoms with Gasteiger partial charge in [-0.1, -0.05) is 6.07 Å². The third-order valence-corrected chi connectivity index (χ3v) is 2.61. The van der Waals surface area contributed by atoms with Crippen LogP contribution in [0.2, 0.25) is 0 Å². The maximum absolute atomic E-state index is 10.8. The van der Waals surface area contributed by atoms with Crippen molar-refractivity contribution in [2.75, 3.05) is 0 Å². The summed E-state index contributed by atoms with van der Waals surface area (Å²) in [6.07, 6.45) is 0. The molecule has 1 aromatic carbocycles. The van der Waals surface area contributed by atoms with Crippen molar-refractivity contribution >= 4 is 15.7 Å². The molecule has 0 fully saturated rings. The first-order valence-electron chi connectivity index (χ1n) is 4.04. The van der Waals surface area contributed by atoms with Gasteiger partial charge in [-0.3, -0.25) is 10.1 Å². The van der Waals surface area contributed by atoms with E-state index in [2.05, 4.69) is 0 Å². The Morgan fingerprint density at radius 3 is 2.53 bits per heavy atom. The summed E-state index contributed by atoms with van der Waals surface area (Å²) in [5, 5.41) is 15.3. The molecule has 0 aromatic heterocycles. The highest BCUT2D eigenvalue weighted by Gasteiger charge is 2.12. The van der Waals surface area contributed by atoms with Crippen LogP contribution >= 0.6 is 0 Å². The fraction of sp³-hybridized carbons (Fsp3) is 0.250. The second kappa shape index (κ2) is 3.95. The quantitative estimate of drug-likeness (QED) is 0.609. The first-order chi connectivity index (χ1) is 6.79. The highest BCUT2D eigenvalue weighted by atomic mass is 32.2. The lowest BCUT2D eigenvalue weighted by molar-refractivity contribution is -0.384. The van der Waals surface area contributed by atoms with Gasteiger partial charge in [0.15, 0.2) is 0 Å². The summed E-state index contributed by atoms with van der Waals surface area (Å²) in [6.45, 7) is 1.67. The van der Waals surface area contributed by atoms with Gasteiger partial charge in [0, 0.05) is 12.1 Å². The molecule has 0 atom stereocenters. The minimum atomic E-state index is -3.66. The molecule has 82 valence electrons. The molecule has 0 unspecified atom stereocenters. The molecule has 1 rings (SSSR count). The van der Waals surface area contributed by atoms with E-state index in [1.54, 1.807) is 6.92 Å². The molecule has 0 bridgehead atoms. The molecule has 0 amide bonds. The number of hydrogen-bond donors (Lipinski definition) is 1. The average Bonchev–Trinajstić information content (AvgIpc) is 2.06. The van der Waals surface area contributed by atoms with E-state index < -0.39 is 14.9 Å². The molecule has 0 spiro atoms. The lowest BCUT2D eigenvalue weighted by Gasteiger charge is -2.03. The number of nitrogens with two attached hydrogens (primary N) is 1. The van der Waals surface area contributed by atoms with Crippen molar-refractivity contribution in [3.8, 4) is 0 Å². The predicted molar refractivity (Wildman–Crippen MR) is 54.6 cm³/mol. The number of benzene rings is 1. The van der Waals surface area contributed by atoms with E-state index in [1.807, 2.05) is 0 Å². The monoisotopic (exact) mass is 230 g/mol. The van der Waals surface area contributed by atoms with Crippen LogP contribution in [0.5, 0.6) is 0 Å². The number of sulfonamides is 1. The van der Waals surface area contributed by atoms with Crippen LogP contribution in [-0.4, -0.2) is 13.3 Å². The lowest BCUT2D eigenvalue weighted by Crippen LogP contribution is -2.15. The van der Waals surface area contributed by atoms with Gasteiger partial charge in [0.2, 0.25) is 10.0 Å². The van der Waals surface area contributed by atoms with E-state index in [4.69, 9.17) is 5.14 Å². The molecule has 0 aliphatic rings. The Labute approximate surface area is 86.9 Å². The fourth-order valence-electron chi connectivity index (χ4n) is 1.14. The molecule has 0 saturated carbocycles. The minimum absolute atomic E-state index is 0.140. The topological polar surface area (TPSA) is 103 Å². The smallest absolute Gasteiger partial charge is 0.258 e. The standard InChI is InChI=1S/C8H10N2O4S/c1-6-2-3-8(10(11)12)4-7(6)5-15(9,13)14/h2-4H,5H2,1H3,(H2,9,13,14). The van der Waals surface area contributed by atoms with Crippen LogP contribution < -0.4 is 5.14 Å². The molecule has 6 nitrogen and oxygen atoms in total. The van der Waals surface area contributed by atoms with Crippen LogP contribution in [0.15, 0.2) is 18.2 Å². The van der Waals surface area contributed by atoms with Crippen LogP contribution in [0.1, 0.15) is 11.1 Å². The van der Waals surface area contributed by atoms with Crippen LogP contribution in [0.25, 0.3) is 0 Å². The van der Waals surface area contributed by atoms with E-state index in [-0.39, 0.29) is 11.4 Å². The lowest BCUT2D eigenvalue weighted by atomic mass is 10.1. The van der Waals surface area contributed by atoms with Crippen molar-refractivity contribution in [2.24, 2.45) is 5.14 Å². The Morgan fingerprint density at radius 2 is 2.07 bits per heavy atom. The van der Waals surface area contributed by atoms with Crippen molar-refractivity contribution in [1.29, 1.82) is 0 Å². The summed E-state index contributed by atoms with van der Waals surface area (Å²) in [5.41, 5.74) is 0.876. The van der Waals surface area contributed by atoms with E-state index in [1.165, 1.54) is 18.2 Å². The fourth-order valence-corrected chi connectivity index (χ4v) is 1.89. The number of nitro groups is 1. The molecule has 2 N–H and O–H groups in total. The average molecular weight is 230 g/mol. The number of rotatable bonds is 3. The summed E-state index contributed by atoms with van der Waals surface area (Å²) in [4.78, 5) is 9.88. The van der Waals surface area contributed by atoms with Crippen LogP contribution in [-0.2, 0) is 15.8 Å². The molecule has 0 aliphatic heterocycles. The number of non-ortho nitro benzene ring substituents is 1. The molecule has 0 aliphatic carbocycles. The maximum Gasteiger partial charge on any atom is 0.269 e. The van der Waals surface area contributed by atoms with Gasteiger partial charge in [-0.15, -0.1) is 0 Å². The minimum Gasteiger partial charge on any atom is -0.258 e. The summed E-state index contributed by atoms with van der Waals surface area (Å²) >= 11 is 0. The third kappa shape index (κ3) is 3.30. The molecule has 1 aromatic rings. The van der Waals surface area contributed by atoms with Crippen LogP contribution in [0.4, 0.5) is 5.69 Å². The molecule has 0 radical (unpaired) electrons. The Kier molecular flexibility index (Phi) is 3.06. The zero-order valence-corrected chi connectivity index (χ0v) is 8.82. The van der Waals surface area contributed by atoms with Gasteiger partial charge >= 0.3 is 0 Å². The van der Waals surface area contributed by atoms with Crippen LogP contribution in [0, 0.1) is 17.0 Å². The Hall–Kier alpha value is -1.47. The number of nitro benzene ring substituents is 1. The van der Waals surface area contributed by atoms with E-state index >= 15 is 0 Å². The number of primary sulfonamides is 1. The van der Waals surface area contributed by atoms with Gasteiger partial charge in [-0.05, 0) is 18.1 Å². The summed E-state index contributed by atoms with van der Waals surface area (Å²) in [6, 6.07) is 4.04. The first kappa shape index (κ1) is 11.6. The maximum atomic E-state index is 10.8. The Balaban J connectivity index is 3.17. The SMILES string of the molecule is Cc1ccc([N+](=O)[O-])cc1CS(N)(=O)=O. The first-order valence-corrected chi connectivity index (χ1v) is 5.75. The second-order valence-corrected chi connectivity index (χ2v) is 4.79. The molecular weight excluding hydrogens is 220 g/mol. The van der Waals surface area contributed by atoms with E-state index in [0.717, 1.165) is 0 Å². The van der Waals surface area contributed by atoms with Gasteiger partial charge in [0.05, 0.1) is 10.7 Å². The number of aryl methyl sites for hydroxylation is 1. The zero-order chi connectivity index (χ0) is 11.6. The van der Waals surface area contributed by atoms with Crippen molar-refractivity contribution in [3.63, 3.8) is 0 Å². The summed E-state index contributed by atoms with van der Waals surface area (Å²) in [5.74, 6) is -0.388. The number of hydrogen-bond acceptors (Lipinski definition) is 4. The van der Waals surface area contributed by atoms with Crippen molar-refractivity contribution < 1.29 is 13.3 Å². The van der Waals surface area contributed by atoms with E-state index in [9.17, 15) is 18.5 Å². The molecule has 0 saturated heterocycles.